The molecule has 114 valence electrons. The Morgan fingerprint density at radius 3 is 2.91 bits per heavy atom. The van der Waals surface area contributed by atoms with Gasteiger partial charge in [-0.1, -0.05) is 36.5 Å². The maximum atomic E-state index is 12.5. The van der Waals surface area contributed by atoms with Gasteiger partial charge in [-0.3, -0.25) is 10.1 Å². The molecule has 1 N–H and O–H groups in total. The molecule has 22 heavy (non-hydrogen) atoms. The first-order valence-corrected chi connectivity index (χ1v) is 7.78. The molecule has 0 radical (unpaired) electrons. The first-order valence-electron chi connectivity index (χ1n) is 6.97. The minimum Gasteiger partial charge on any atom is -0.445 e. The van der Waals surface area contributed by atoms with Crippen molar-refractivity contribution in [1.82, 2.24) is 10.2 Å². The highest BCUT2D eigenvalue weighted by molar-refractivity contribution is 7.15. The van der Waals surface area contributed by atoms with Gasteiger partial charge < -0.3 is 4.74 Å². The van der Waals surface area contributed by atoms with Crippen LogP contribution in [-0.2, 0) is 22.4 Å². The standard InChI is InChI=1S/C15H15N3O3S/c1-3-11-17-18-14(22-11)16-13(20)15(2)8-9-6-4-5-7-10(9)12(19)21-15/h4-7H,3,8H2,1-2H3,(H,16,18,20)/t15-/m1/s1. The number of cyclic esters (lactones) is 1. The van der Waals surface area contributed by atoms with Gasteiger partial charge in [-0.05, 0) is 25.0 Å². The van der Waals surface area contributed by atoms with E-state index >= 15 is 0 Å². The van der Waals surface area contributed by atoms with E-state index in [9.17, 15) is 9.59 Å². The second-order valence-electron chi connectivity index (χ2n) is 5.26. The number of ether oxygens (including phenoxy) is 1. The van der Waals surface area contributed by atoms with Crippen molar-refractivity contribution in [2.75, 3.05) is 5.32 Å². The predicted octanol–water partition coefficient (Wildman–Crippen LogP) is 2.21. The number of nitrogens with one attached hydrogen (secondary N) is 1. The maximum Gasteiger partial charge on any atom is 0.339 e. The highest BCUT2D eigenvalue weighted by Crippen LogP contribution is 2.29. The van der Waals surface area contributed by atoms with E-state index in [-0.39, 0.29) is 0 Å². The molecule has 1 aliphatic heterocycles. The van der Waals surface area contributed by atoms with Crippen LogP contribution in [0.25, 0.3) is 0 Å². The molecule has 0 spiro atoms. The zero-order chi connectivity index (χ0) is 15.7. The summed E-state index contributed by atoms with van der Waals surface area (Å²) < 4.78 is 5.37. The SMILES string of the molecule is CCc1nnc(NC(=O)[C@@]2(C)Cc3ccccc3C(=O)O2)s1. The zero-order valence-corrected chi connectivity index (χ0v) is 13.1. The Morgan fingerprint density at radius 2 is 2.18 bits per heavy atom. The molecule has 1 aromatic carbocycles. The van der Waals surface area contributed by atoms with Crippen molar-refractivity contribution in [2.24, 2.45) is 0 Å². The highest BCUT2D eigenvalue weighted by atomic mass is 32.1. The summed E-state index contributed by atoms with van der Waals surface area (Å²) >= 11 is 1.32. The van der Waals surface area contributed by atoms with Gasteiger partial charge in [-0.2, -0.15) is 0 Å². The van der Waals surface area contributed by atoms with E-state index in [2.05, 4.69) is 15.5 Å². The number of benzene rings is 1. The van der Waals surface area contributed by atoms with Crippen LogP contribution in [0.2, 0.25) is 0 Å². The minimum absolute atomic E-state index is 0.334. The summed E-state index contributed by atoms with van der Waals surface area (Å²) in [7, 11) is 0. The van der Waals surface area contributed by atoms with Crippen molar-refractivity contribution in [3.05, 3.63) is 40.4 Å². The molecule has 1 aliphatic rings. The quantitative estimate of drug-likeness (QED) is 0.878. The minimum atomic E-state index is -1.25. The molecule has 1 atom stereocenters. The smallest absolute Gasteiger partial charge is 0.339 e. The molecular weight excluding hydrogens is 302 g/mol. The highest BCUT2D eigenvalue weighted by Gasteiger charge is 2.42. The summed E-state index contributed by atoms with van der Waals surface area (Å²) in [6, 6.07) is 7.15. The molecule has 2 heterocycles. The van der Waals surface area contributed by atoms with Crippen molar-refractivity contribution >= 4 is 28.3 Å². The van der Waals surface area contributed by atoms with Crippen LogP contribution in [0.15, 0.2) is 24.3 Å². The van der Waals surface area contributed by atoms with Crippen LogP contribution in [0.4, 0.5) is 5.13 Å². The third-order valence-corrected chi connectivity index (χ3v) is 4.54. The molecule has 0 aliphatic carbocycles. The van der Waals surface area contributed by atoms with Crippen molar-refractivity contribution in [2.45, 2.75) is 32.3 Å². The van der Waals surface area contributed by atoms with E-state index in [1.807, 2.05) is 19.1 Å². The Bertz CT molecular complexity index is 743. The first-order chi connectivity index (χ1) is 10.5. The second-order valence-corrected chi connectivity index (χ2v) is 6.32. The van der Waals surface area contributed by atoms with Gasteiger partial charge in [0, 0.05) is 6.42 Å². The fraction of sp³-hybridized carbons (Fsp3) is 0.333. The van der Waals surface area contributed by atoms with Crippen molar-refractivity contribution < 1.29 is 14.3 Å². The molecule has 7 heteroatoms. The van der Waals surface area contributed by atoms with Crippen LogP contribution in [-0.4, -0.2) is 27.7 Å². The molecule has 6 nitrogen and oxygen atoms in total. The Kier molecular flexibility index (Phi) is 3.66. The molecular formula is C15H15N3O3S. The number of rotatable bonds is 3. The van der Waals surface area contributed by atoms with Gasteiger partial charge in [-0.15, -0.1) is 10.2 Å². The molecule has 2 aromatic rings. The maximum absolute atomic E-state index is 12.5. The Labute approximate surface area is 131 Å². The number of carbonyl (C=O) groups is 2. The van der Waals surface area contributed by atoms with E-state index in [1.54, 1.807) is 19.1 Å². The molecule has 0 unspecified atom stereocenters. The lowest BCUT2D eigenvalue weighted by Crippen LogP contribution is -2.48. The lowest BCUT2D eigenvalue weighted by molar-refractivity contribution is -0.134. The van der Waals surface area contributed by atoms with Crippen LogP contribution < -0.4 is 5.32 Å². The molecule has 0 saturated carbocycles. The number of amides is 1. The van der Waals surface area contributed by atoms with Crippen molar-refractivity contribution in [3.8, 4) is 0 Å². The summed E-state index contributed by atoms with van der Waals surface area (Å²) in [5.74, 6) is -0.875. The lowest BCUT2D eigenvalue weighted by Gasteiger charge is -2.32. The molecule has 1 aromatic heterocycles. The number of hydrogen-bond acceptors (Lipinski definition) is 6. The number of fused-ring (bicyclic) bond motifs is 1. The van der Waals surface area contributed by atoms with Gasteiger partial charge in [0.15, 0.2) is 5.60 Å². The van der Waals surface area contributed by atoms with Crippen molar-refractivity contribution in [3.63, 3.8) is 0 Å². The van der Waals surface area contributed by atoms with E-state index in [4.69, 9.17) is 4.74 Å². The van der Waals surface area contributed by atoms with Crippen LogP contribution in [0.3, 0.4) is 0 Å². The lowest BCUT2D eigenvalue weighted by atomic mass is 9.89. The van der Waals surface area contributed by atoms with E-state index < -0.39 is 17.5 Å². The summed E-state index contributed by atoms with van der Waals surface area (Å²) in [5, 5.41) is 11.8. The van der Waals surface area contributed by atoms with Gasteiger partial charge in [0.1, 0.15) is 5.01 Å². The number of nitrogens with zero attached hydrogens (tertiary/aromatic N) is 2. The van der Waals surface area contributed by atoms with Gasteiger partial charge in [0.05, 0.1) is 5.56 Å². The Morgan fingerprint density at radius 1 is 1.41 bits per heavy atom. The fourth-order valence-corrected chi connectivity index (χ4v) is 3.01. The summed E-state index contributed by atoms with van der Waals surface area (Å²) in [6.07, 6.45) is 1.09. The Hall–Kier alpha value is -2.28. The monoisotopic (exact) mass is 317 g/mol. The summed E-state index contributed by atoms with van der Waals surface area (Å²) in [5.41, 5.74) is 0.0728. The number of aromatic nitrogens is 2. The van der Waals surface area contributed by atoms with E-state index in [1.165, 1.54) is 11.3 Å². The topological polar surface area (TPSA) is 81.2 Å². The fourth-order valence-electron chi connectivity index (χ4n) is 2.34. The normalized spacial score (nSPS) is 20.2. The van der Waals surface area contributed by atoms with Crippen LogP contribution in [0.1, 0.15) is 34.8 Å². The summed E-state index contributed by atoms with van der Waals surface area (Å²) in [6.45, 7) is 3.57. The number of anilines is 1. The number of aryl methyl sites for hydroxylation is 1. The van der Waals surface area contributed by atoms with Gasteiger partial charge in [0.2, 0.25) is 5.13 Å². The second kappa shape index (κ2) is 5.49. The van der Waals surface area contributed by atoms with Crippen LogP contribution in [0.5, 0.6) is 0 Å². The van der Waals surface area contributed by atoms with Crippen molar-refractivity contribution in [1.29, 1.82) is 0 Å². The molecule has 0 fully saturated rings. The first kappa shape index (κ1) is 14.6. The number of hydrogen-bond donors (Lipinski definition) is 1. The van der Waals surface area contributed by atoms with E-state index in [0.717, 1.165) is 17.0 Å². The van der Waals surface area contributed by atoms with Crippen LogP contribution in [0, 0.1) is 0 Å². The van der Waals surface area contributed by atoms with E-state index in [0.29, 0.717) is 17.1 Å². The molecule has 0 bridgehead atoms. The number of carbonyl (C=O) groups excluding carboxylic acids is 2. The average molecular weight is 317 g/mol. The molecule has 1 amide bonds. The van der Waals surface area contributed by atoms with Gasteiger partial charge in [-0.25, -0.2) is 4.79 Å². The number of esters is 1. The summed E-state index contributed by atoms with van der Waals surface area (Å²) in [4.78, 5) is 24.6. The van der Waals surface area contributed by atoms with Crippen LogP contribution >= 0.6 is 11.3 Å². The van der Waals surface area contributed by atoms with Gasteiger partial charge >= 0.3 is 5.97 Å². The largest absolute Gasteiger partial charge is 0.445 e. The predicted molar refractivity (Wildman–Crippen MR) is 81.9 cm³/mol. The average Bonchev–Trinajstić information content (AvgIpc) is 2.95. The zero-order valence-electron chi connectivity index (χ0n) is 12.3. The third kappa shape index (κ3) is 2.59. The molecule has 3 rings (SSSR count). The third-order valence-electron chi connectivity index (χ3n) is 3.55. The Balaban J connectivity index is 1.81. The molecule has 0 saturated heterocycles. The van der Waals surface area contributed by atoms with Gasteiger partial charge in [0.25, 0.3) is 5.91 Å².